The molecule has 1 aromatic carbocycles. The van der Waals surface area contributed by atoms with Crippen LogP contribution in [0.15, 0.2) is 18.2 Å². The van der Waals surface area contributed by atoms with Gasteiger partial charge in [-0.1, -0.05) is 0 Å². The third-order valence-corrected chi connectivity index (χ3v) is 5.10. The maximum atomic E-state index is 12.2. The Morgan fingerprint density at radius 1 is 1.12 bits per heavy atom. The van der Waals surface area contributed by atoms with Gasteiger partial charge in [0.25, 0.3) is 0 Å². The van der Waals surface area contributed by atoms with E-state index >= 15 is 0 Å². The zero-order valence-electron chi connectivity index (χ0n) is 15.4. The van der Waals surface area contributed by atoms with Gasteiger partial charge in [0.2, 0.25) is 18.2 Å². The molecule has 26 heavy (non-hydrogen) atoms. The van der Waals surface area contributed by atoms with E-state index in [0.29, 0.717) is 18.5 Å². The first kappa shape index (κ1) is 18.2. The highest BCUT2D eigenvalue weighted by molar-refractivity contribution is 6.04. The Labute approximate surface area is 153 Å². The van der Waals surface area contributed by atoms with Gasteiger partial charge in [0.15, 0.2) is 0 Å². The molecule has 0 aromatic heterocycles. The first-order valence-electron chi connectivity index (χ1n) is 9.15. The monoisotopic (exact) mass is 358 g/mol. The number of carbonyl (C=O) groups excluding carboxylic acids is 3. The topological polar surface area (TPSA) is 73.0 Å². The van der Waals surface area contributed by atoms with Crippen LogP contribution >= 0.6 is 0 Å². The van der Waals surface area contributed by atoms with Crippen molar-refractivity contribution in [3.05, 3.63) is 18.2 Å². The number of nitrogens with one attached hydrogen (secondary N) is 1. The summed E-state index contributed by atoms with van der Waals surface area (Å²) in [5, 5.41) is 2.33. The van der Waals surface area contributed by atoms with Gasteiger partial charge in [-0.05, 0) is 43.9 Å². The number of anilines is 3. The predicted octanol–water partition coefficient (Wildman–Crippen LogP) is 1.51. The summed E-state index contributed by atoms with van der Waals surface area (Å²) >= 11 is 0. The number of imide groups is 1. The van der Waals surface area contributed by atoms with Crippen molar-refractivity contribution in [3.63, 3.8) is 0 Å². The molecule has 0 saturated carbocycles. The lowest BCUT2D eigenvalue weighted by molar-refractivity contribution is -0.134. The van der Waals surface area contributed by atoms with Crippen molar-refractivity contribution >= 4 is 35.3 Å². The molecular weight excluding hydrogens is 332 g/mol. The van der Waals surface area contributed by atoms with Gasteiger partial charge in [-0.3, -0.25) is 19.7 Å². The standard InChI is InChI=1S/C19H26N4O3/c1-21(2)17-12-14(22-10-4-3-5-11-22)6-7-15(17)23(13-24)16-8-9-18(25)20-19(16)26/h6-7,12-13,16H,3-5,8-11H2,1-2H3,(H,20,25,26). The Bertz CT molecular complexity index is 698. The largest absolute Gasteiger partial charge is 0.376 e. The highest BCUT2D eigenvalue weighted by Crippen LogP contribution is 2.35. The third-order valence-electron chi connectivity index (χ3n) is 5.10. The van der Waals surface area contributed by atoms with E-state index in [2.05, 4.69) is 16.3 Å². The van der Waals surface area contributed by atoms with Crippen molar-refractivity contribution in [2.24, 2.45) is 0 Å². The second-order valence-electron chi connectivity index (χ2n) is 7.09. The molecule has 3 rings (SSSR count). The minimum atomic E-state index is -0.662. The van der Waals surface area contributed by atoms with E-state index in [0.717, 1.165) is 24.5 Å². The van der Waals surface area contributed by atoms with Crippen molar-refractivity contribution in [3.8, 4) is 0 Å². The first-order chi connectivity index (χ1) is 12.5. The summed E-state index contributed by atoms with van der Waals surface area (Å²) in [5.41, 5.74) is 2.69. The highest BCUT2D eigenvalue weighted by atomic mass is 16.2. The van der Waals surface area contributed by atoms with Gasteiger partial charge in [0.05, 0.1) is 11.4 Å². The Balaban J connectivity index is 1.92. The Morgan fingerprint density at radius 2 is 1.85 bits per heavy atom. The molecule has 1 atom stereocenters. The molecule has 140 valence electrons. The molecule has 3 amide bonds. The zero-order valence-corrected chi connectivity index (χ0v) is 15.4. The molecule has 2 aliphatic heterocycles. The van der Waals surface area contributed by atoms with E-state index in [1.165, 1.54) is 24.2 Å². The van der Waals surface area contributed by atoms with Crippen molar-refractivity contribution in [1.82, 2.24) is 5.32 Å². The van der Waals surface area contributed by atoms with E-state index in [4.69, 9.17) is 0 Å². The lowest BCUT2D eigenvalue weighted by Gasteiger charge is -2.34. The van der Waals surface area contributed by atoms with Gasteiger partial charge >= 0.3 is 0 Å². The number of hydrogen-bond donors (Lipinski definition) is 1. The first-order valence-corrected chi connectivity index (χ1v) is 9.15. The number of amides is 3. The third kappa shape index (κ3) is 3.66. The highest BCUT2D eigenvalue weighted by Gasteiger charge is 2.33. The predicted molar refractivity (Wildman–Crippen MR) is 102 cm³/mol. The summed E-state index contributed by atoms with van der Waals surface area (Å²) in [5.74, 6) is -0.705. The van der Waals surface area contributed by atoms with Crippen molar-refractivity contribution < 1.29 is 14.4 Å². The van der Waals surface area contributed by atoms with E-state index in [1.807, 2.05) is 31.1 Å². The van der Waals surface area contributed by atoms with Crippen molar-refractivity contribution in [2.75, 3.05) is 41.9 Å². The lowest BCUT2D eigenvalue weighted by Crippen LogP contribution is -2.52. The van der Waals surface area contributed by atoms with Crippen LogP contribution in [0.4, 0.5) is 17.1 Å². The molecule has 1 unspecified atom stereocenters. The number of piperidine rings is 2. The molecule has 0 radical (unpaired) electrons. The quantitative estimate of drug-likeness (QED) is 0.638. The van der Waals surface area contributed by atoms with Crippen molar-refractivity contribution in [2.45, 2.75) is 38.1 Å². The maximum absolute atomic E-state index is 12.2. The van der Waals surface area contributed by atoms with Gasteiger partial charge in [-0.25, -0.2) is 0 Å². The van der Waals surface area contributed by atoms with E-state index in [1.54, 1.807) is 0 Å². The molecule has 0 aliphatic carbocycles. The van der Waals surface area contributed by atoms with E-state index in [-0.39, 0.29) is 12.3 Å². The normalized spacial score (nSPS) is 20.5. The molecule has 7 heteroatoms. The number of hydrogen-bond acceptors (Lipinski definition) is 5. The van der Waals surface area contributed by atoms with Crippen LogP contribution in [0.2, 0.25) is 0 Å². The van der Waals surface area contributed by atoms with Crippen LogP contribution in [0.25, 0.3) is 0 Å². The number of nitrogens with zero attached hydrogens (tertiary/aromatic N) is 3. The van der Waals surface area contributed by atoms with Gasteiger partial charge < -0.3 is 14.7 Å². The molecule has 2 aliphatic rings. The molecule has 1 N–H and O–H groups in total. The van der Waals surface area contributed by atoms with E-state index in [9.17, 15) is 14.4 Å². The van der Waals surface area contributed by atoms with Crippen molar-refractivity contribution in [1.29, 1.82) is 0 Å². The summed E-state index contributed by atoms with van der Waals surface area (Å²) in [6, 6.07) is 5.32. The second kappa shape index (κ2) is 7.76. The molecule has 2 saturated heterocycles. The van der Waals surface area contributed by atoms with Gasteiger partial charge in [0.1, 0.15) is 6.04 Å². The number of rotatable bonds is 5. The zero-order chi connectivity index (χ0) is 18.7. The molecule has 0 spiro atoms. The smallest absolute Gasteiger partial charge is 0.249 e. The van der Waals surface area contributed by atoms with Crippen LogP contribution < -0.4 is 20.0 Å². The maximum Gasteiger partial charge on any atom is 0.249 e. The fraction of sp³-hybridized carbons (Fsp3) is 0.526. The van der Waals surface area contributed by atoms with Gasteiger partial charge in [-0.2, -0.15) is 0 Å². The summed E-state index contributed by atoms with van der Waals surface area (Å²) in [4.78, 5) is 41.2. The Morgan fingerprint density at radius 3 is 2.46 bits per heavy atom. The Kier molecular flexibility index (Phi) is 5.44. The SMILES string of the molecule is CN(C)c1cc(N2CCCCC2)ccc1N(C=O)C1CCC(=O)NC1=O. The fourth-order valence-corrected chi connectivity index (χ4v) is 3.68. The molecule has 0 bridgehead atoms. The van der Waals surface area contributed by atoms with Crippen LogP contribution in [0.3, 0.4) is 0 Å². The molecule has 1 aromatic rings. The van der Waals surface area contributed by atoms with Crippen LogP contribution in [0, 0.1) is 0 Å². The van der Waals surface area contributed by atoms with Crippen LogP contribution in [0.1, 0.15) is 32.1 Å². The average molecular weight is 358 g/mol. The summed E-state index contributed by atoms with van der Waals surface area (Å²) < 4.78 is 0. The Hall–Kier alpha value is -2.57. The minimum absolute atomic E-state index is 0.240. The summed E-state index contributed by atoms with van der Waals surface area (Å²) in [7, 11) is 3.85. The van der Waals surface area contributed by atoms with Crippen LogP contribution in [0.5, 0.6) is 0 Å². The summed E-state index contributed by atoms with van der Waals surface area (Å²) in [6.07, 6.45) is 4.91. The summed E-state index contributed by atoms with van der Waals surface area (Å²) in [6.45, 7) is 2.08. The van der Waals surface area contributed by atoms with E-state index < -0.39 is 11.9 Å². The lowest BCUT2D eigenvalue weighted by atomic mass is 10.0. The number of carbonyl (C=O) groups is 3. The average Bonchev–Trinajstić information content (AvgIpc) is 2.64. The van der Waals surface area contributed by atoms with Crippen LogP contribution in [-0.2, 0) is 14.4 Å². The number of benzene rings is 1. The molecule has 2 fully saturated rings. The van der Waals surface area contributed by atoms with Crippen LogP contribution in [-0.4, -0.2) is 51.5 Å². The van der Waals surface area contributed by atoms with Gasteiger partial charge in [-0.15, -0.1) is 0 Å². The fourth-order valence-electron chi connectivity index (χ4n) is 3.68. The molecule has 2 heterocycles. The van der Waals surface area contributed by atoms with Gasteiger partial charge in [0, 0.05) is 39.3 Å². The molecule has 7 nitrogen and oxygen atoms in total. The molecular formula is C19H26N4O3. The second-order valence-corrected chi connectivity index (χ2v) is 7.09. The minimum Gasteiger partial charge on any atom is -0.376 e.